The first-order valence-electron chi connectivity index (χ1n) is 6.67. The van der Waals surface area contributed by atoms with Crippen LogP contribution in [0, 0.1) is 11.8 Å². The topological polar surface area (TPSA) is 40.5 Å². The molecule has 1 aromatic heterocycles. The molecule has 0 spiro atoms. The molecule has 1 N–H and O–H groups in total. The Labute approximate surface area is 126 Å². The lowest BCUT2D eigenvalue weighted by atomic mass is 9.99. The summed E-state index contributed by atoms with van der Waals surface area (Å²) in [7, 11) is 0. The Morgan fingerprint density at radius 1 is 1.45 bits per heavy atom. The molecular weight excluding hydrogens is 294 g/mol. The molecule has 0 unspecified atom stereocenters. The Hall–Kier alpha value is -1.10. The number of nitrogens with zero attached hydrogens (tertiary/aromatic N) is 1. The van der Waals surface area contributed by atoms with Crippen LogP contribution in [0.1, 0.15) is 11.8 Å². The van der Waals surface area contributed by atoms with E-state index in [1.807, 2.05) is 25.1 Å². The summed E-state index contributed by atoms with van der Waals surface area (Å²) in [6, 6.07) is 8.10. The van der Waals surface area contributed by atoms with Gasteiger partial charge in [0.25, 0.3) is 0 Å². The maximum atomic E-state index is 11.2. The molecule has 0 amide bonds. The number of aliphatic carboxylic acids is 1. The molecule has 2 atom stereocenters. The van der Waals surface area contributed by atoms with E-state index in [4.69, 9.17) is 11.6 Å². The SMILES string of the molecule is C[C@@H]1CN(Cc2sc3ccccc3c2Cl)C[C@H]1C(=O)O. The second-order valence-corrected chi connectivity index (χ2v) is 6.97. The minimum Gasteiger partial charge on any atom is -0.481 e. The van der Waals surface area contributed by atoms with Crippen molar-refractivity contribution in [3.63, 3.8) is 0 Å². The van der Waals surface area contributed by atoms with Gasteiger partial charge < -0.3 is 5.11 Å². The Balaban J connectivity index is 1.81. The third-order valence-corrected chi connectivity index (χ3v) is 5.67. The number of carbonyl (C=O) groups is 1. The quantitative estimate of drug-likeness (QED) is 0.939. The predicted octanol–water partition coefficient (Wildman–Crippen LogP) is 3.71. The molecule has 3 rings (SSSR count). The van der Waals surface area contributed by atoms with Crippen molar-refractivity contribution < 1.29 is 9.90 Å². The average Bonchev–Trinajstić information content (AvgIpc) is 2.92. The molecule has 2 aromatic rings. The van der Waals surface area contributed by atoms with Gasteiger partial charge in [-0.05, 0) is 12.0 Å². The van der Waals surface area contributed by atoms with Crippen LogP contribution in [0.2, 0.25) is 5.02 Å². The minimum absolute atomic E-state index is 0.195. The maximum Gasteiger partial charge on any atom is 0.308 e. The molecule has 0 radical (unpaired) electrons. The van der Waals surface area contributed by atoms with Crippen molar-refractivity contribution in [1.82, 2.24) is 4.90 Å². The van der Waals surface area contributed by atoms with Gasteiger partial charge in [0.1, 0.15) is 0 Å². The van der Waals surface area contributed by atoms with Gasteiger partial charge in [-0.25, -0.2) is 0 Å². The van der Waals surface area contributed by atoms with Gasteiger partial charge >= 0.3 is 5.97 Å². The molecule has 1 aliphatic rings. The van der Waals surface area contributed by atoms with E-state index in [0.717, 1.165) is 28.4 Å². The van der Waals surface area contributed by atoms with E-state index in [9.17, 15) is 9.90 Å². The number of thiophene rings is 1. The second kappa shape index (κ2) is 5.35. The summed E-state index contributed by atoms with van der Waals surface area (Å²) < 4.78 is 1.19. The largest absolute Gasteiger partial charge is 0.481 e. The highest BCUT2D eigenvalue weighted by Gasteiger charge is 2.34. The van der Waals surface area contributed by atoms with Crippen LogP contribution >= 0.6 is 22.9 Å². The lowest BCUT2D eigenvalue weighted by Crippen LogP contribution is -2.22. The van der Waals surface area contributed by atoms with Crippen molar-refractivity contribution in [3.05, 3.63) is 34.2 Å². The molecule has 3 nitrogen and oxygen atoms in total. The zero-order valence-electron chi connectivity index (χ0n) is 11.2. The smallest absolute Gasteiger partial charge is 0.308 e. The number of halogens is 1. The van der Waals surface area contributed by atoms with Gasteiger partial charge in [0.15, 0.2) is 0 Å². The number of hydrogen-bond donors (Lipinski definition) is 1. The molecule has 1 fully saturated rings. The van der Waals surface area contributed by atoms with Gasteiger partial charge in [-0.15, -0.1) is 11.3 Å². The number of carboxylic acid groups (broad SMARTS) is 1. The summed E-state index contributed by atoms with van der Waals surface area (Å²) >= 11 is 8.14. The summed E-state index contributed by atoms with van der Waals surface area (Å²) in [6.45, 7) is 4.18. The van der Waals surface area contributed by atoms with Gasteiger partial charge in [0, 0.05) is 34.6 Å². The van der Waals surface area contributed by atoms with Crippen LogP contribution in [-0.2, 0) is 11.3 Å². The van der Waals surface area contributed by atoms with E-state index in [1.54, 1.807) is 11.3 Å². The van der Waals surface area contributed by atoms with E-state index in [-0.39, 0.29) is 11.8 Å². The number of carboxylic acids is 1. The second-order valence-electron chi connectivity index (χ2n) is 5.45. The minimum atomic E-state index is -0.692. The third-order valence-electron chi connectivity index (χ3n) is 3.97. The van der Waals surface area contributed by atoms with E-state index < -0.39 is 5.97 Å². The summed E-state index contributed by atoms with van der Waals surface area (Å²) in [6.07, 6.45) is 0. The molecule has 0 bridgehead atoms. The number of benzene rings is 1. The molecule has 0 saturated carbocycles. The first-order valence-corrected chi connectivity index (χ1v) is 7.86. The van der Waals surface area contributed by atoms with Crippen molar-refractivity contribution in [2.75, 3.05) is 13.1 Å². The van der Waals surface area contributed by atoms with E-state index >= 15 is 0 Å². The number of hydrogen-bond acceptors (Lipinski definition) is 3. The maximum absolute atomic E-state index is 11.2. The van der Waals surface area contributed by atoms with Gasteiger partial charge in [-0.3, -0.25) is 9.69 Å². The van der Waals surface area contributed by atoms with Crippen molar-refractivity contribution in [3.8, 4) is 0 Å². The number of likely N-dealkylation sites (tertiary alicyclic amines) is 1. The Morgan fingerprint density at radius 2 is 2.20 bits per heavy atom. The molecule has 5 heteroatoms. The summed E-state index contributed by atoms with van der Waals surface area (Å²) in [4.78, 5) is 14.5. The number of rotatable bonds is 3. The Morgan fingerprint density at radius 3 is 2.85 bits per heavy atom. The molecule has 1 aliphatic heterocycles. The van der Waals surface area contributed by atoms with Gasteiger partial charge in [-0.2, -0.15) is 0 Å². The number of fused-ring (bicyclic) bond motifs is 1. The molecular formula is C15H16ClNO2S. The lowest BCUT2D eigenvalue weighted by molar-refractivity contribution is -0.142. The highest BCUT2D eigenvalue weighted by Crippen LogP contribution is 2.37. The molecule has 0 aliphatic carbocycles. The average molecular weight is 310 g/mol. The zero-order chi connectivity index (χ0) is 14.3. The Bertz CT molecular complexity index is 654. The molecule has 106 valence electrons. The molecule has 1 saturated heterocycles. The van der Waals surface area contributed by atoms with Gasteiger partial charge in [0.05, 0.1) is 10.9 Å². The van der Waals surface area contributed by atoms with Crippen molar-refractivity contribution in [2.24, 2.45) is 11.8 Å². The van der Waals surface area contributed by atoms with Crippen LogP contribution in [0.25, 0.3) is 10.1 Å². The normalized spacial score (nSPS) is 23.5. The predicted molar refractivity (Wildman–Crippen MR) is 82.4 cm³/mol. The van der Waals surface area contributed by atoms with E-state index in [2.05, 4.69) is 11.0 Å². The van der Waals surface area contributed by atoms with Crippen molar-refractivity contribution in [2.45, 2.75) is 13.5 Å². The van der Waals surface area contributed by atoms with Crippen molar-refractivity contribution >= 4 is 39.0 Å². The fourth-order valence-corrected chi connectivity index (χ4v) is 4.42. The highest BCUT2D eigenvalue weighted by atomic mass is 35.5. The summed E-state index contributed by atoms with van der Waals surface area (Å²) in [5.41, 5.74) is 0. The summed E-state index contributed by atoms with van der Waals surface area (Å²) in [5, 5.41) is 11.1. The fourth-order valence-electron chi connectivity index (χ4n) is 2.89. The summed E-state index contributed by atoms with van der Waals surface area (Å²) in [5.74, 6) is -0.758. The van der Waals surface area contributed by atoms with Crippen molar-refractivity contribution in [1.29, 1.82) is 0 Å². The van der Waals surface area contributed by atoms with Crippen LogP contribution < -0.4 is 0 Å². The molecule has 20 heavy (non-hydrogen) atoms. The van der Waals surface area contributed by atoms with Gasteiger partial charge in [-0.1, -0.05) is 36.7 Å². The standard InChI is InChI=1S/C15H16ClNO2S/c1-9-6-17(7-11(9)15(18)19)8-13-14(16)10-4-2-3-5-12(10)20-13/h2-5,9,11H,6-8H2,1H3,(H,18,19)/t9-,11-/m1/s1. The van der Waals surface area contributed by atoms with Gasteiger partial charge in [0.2, 0.25) is 0 Å². The van der Waals surface area contributed by atoms with Crippen LogP contribution in [0.5, 0.6) is 0 Å². The van der Waals surface area contributed by atoms with E-state index in [1.165, 1.54) is 4.70 Å². The zero-order valence-corrected chi connectivity index (χ0v) is 12.7. The van der Waals surface area contributed by atoms with Crippen LogP contribution in [0.4, 0.5) is 0 Å². The lowest BCUT2D eigenvalue weighted by Gasteiger charge is -2.14. The first kappa shape index (κ1) is 13.9. The monoisotopic (exact) mass is 309 g/mol. The van der Waals surface area contributed by atoms with E-state index in [0.29, 0.717) is 6.54 Å². The van der Waals surface area contributed by atoms with Crippen LogP contribution in [0.3, 0.4) is 0 Å². The first-order chi connectivity index (χ1) is 9.56. The van der Waals surface area contributed by atoms with Crippen LogP contribution in [0.15, 0.2) is 24.3 Å². The van der Waals surface area contributed by atoms with Crippen LogP contribution in [-0.4, -0.2) is 29.1 Å². The molecule has 2 heterocycles. The highest BCUT2D eigenvalue weighted by molar-refractivity contribution is 7.19. The fraction of sp³-hybridized carbons (Fsp3) is 0.400. The Kier molecular flexibility index (Phi) is 3.71. The molecule has 1 aromatic carbocycles. The third kappa shape index (κ3) is 2.43.